The Balaban J connectivity index is 0.00000361. The third-order valence-corrected chi connectivity index (χ3v) is 2.34. The van der Waals surface area contributed by atoms with Gasteiger partial charge in [0.05, 0.1) is 18.4 Å². The van der Waals surface area contributed by atoms with Crippen LogP contribution in [-0.4, -0.2) is 22.3 Å². The summed E-state index contributed by atoms with van der Waals surface area (Å²) in [6, 6.07) is 0. The molecule has 1 N–H and O–H groups in total. The Hall–Kier alpha value is -0.0484. The van der Waals surface area contributed by atoms with Crippen LogP contribution in [0.15, 0.2) is 17.8 Å². The second-order valence-electron chi connectivity index (χ2n) is 5.33. The largest absolute Gasteiger partial charge is 0.485 e. The third-order valence-electron chi connectivity index (χ3n) is 2.34. The van der Waals surface area contributed by atoms with Gasteiger partial charge < -0.3 is 9.84 Å². The molecule has 0 saturated carbocycles. The molecule has 0 spiro atoms. The van der Waals surface area contributed by atoms with E-state index in [1.54, 1.807) is 33.8 Å². The molecule has 0 aliphatic carbocycles. The van der Waals surface area contributed by atoms with E-state index in [9.17, 15) is 8.78 Å². The first kappa shape index (κ1) is 20.0. The van der Waals surface area contributed by atoms with Gasteiger partial charge in [-0.15, -0.1) is 0 Å². The van der Waals surface area contributed by atoms with Crippen molar-refractivity contribution in [1.82, 2.24) is 4.98 Å². The van der Waals surface area contributed by atoms with Crippen molar-refractivity contribution in [3.05, 3.63) is 35.2 Å². The summed E-state index contributed by atoms with van der Waals surface area (Å²) in [7, 11) is 0. The standard InChI is InChI=1S/C14H19F2NO2.Ac/c1-9(8-18)5-6-10-12(19-14(2,3)4)11(15)7-17-13(10)16;/h5,7,18H,6,8H2,1-4H3;/b9-5-;. The van der Waals surface area contributed by atoms with Gasteiger partial charge in [-0.2, -0.15) is 4.39 Å². The summed E-state index contributed by atoms with van der Waals surface area (Å²) >= 11 is 0. The van der Waals surface area contributed by atoms with Gasteiger partial charge in [-0.3, -0.25) is 0 Å². The molecule has 1 radical (unpaired) electrons. The summed E-state index contributed by atoms with van der Waals surface area (Å²) in [6.45, 7) is 6.84. The summed E-state index contributed by atoms with van der Waals surface area (Å²) in [6.07, 6.45) is 2.55. The van der Waals surface area contributed by atoms with Gasteiger partial charge in [0.1, 0.15) is 5.60 Å². The molecule has 0 aromatic carbocycles. The molecule has 0 unspecified atom stereocenters. The van der Waals surface area contributed by atoms with Crippen molar-refractivity contribution < 1.29 is 62.7 Å². The molecule has 0 atom stereocenters. The molecule has 1 aromatic heterocycles. The average Bonchev–Trinajstić information content (AvgIpc) is 2.31. The van der Waals surface area contributed by atoms with Crippen LogP contribution in [-0.2, 0) is 6.42 Å². The Morgan fingerprint density at radius 2 is 2.00 bits per heavy atom. The SMILES string of the molecule is C/C(=C/Cc1c(F)ncc(F)c1OC(C)(C)C)CO.[Ac]. The Morgan fingerprint density at radius 3 is 2.50 bits per heavy atom. The molecule has 1 rings (SSSR count). The molecular weight excluding hydrogens is 479 g/mol. The van der Waals surface area contributed by atoms with E-state index in [0.717, 1.165) is 6.20 Å². The van der Waals surface area contributed by atoms with E-state index in [1.807, 2.05) is 0 Å². The minimum atomic E-state index is -0.761. The van der Waals surface area contributed by atoms with Gasteiger partial charge in [0, 0.05) is 44.1 Å². The molecule has 0 aliphatic rings. The summed E-state index contributed by atoms with van der Waals surface area (Å²) in [5, 5.41) is 8.91. The molecule has 6 heteroatoms. The topological polar surface area (TPSA) is 42.4 Å². The van der Waals surface area contributed by atoms with Crippen molar-refractivity contribution in [3.63, 3.8) is 0 Å². The maximum Gasteiger partial charge on any atom is 0.220 e. The number of allylic oxidation sites excluding steroid dienone is 1. The zero-order valence-electron chi connectivity index (χ0n) is 12.2. The number of pyridine rings is 1. The first-order valence-corrected chi connectivity index (χ1v) is 6.03. The van der Waals surface area contributed by atoms with Crippen molar-refractivity contribution >= 4 is 0 Å². The van der Waals surface area contributed by atoms with Crippen LogP contribution in [0.2, 0.25) is 0 Å². The van der Waals surface area contributed by atoms with E-state index >= 15 is 0 Å². The Labute approximate surface area is 154 Å². The van der Waals surface area contributed by atoms with Crippen LogP contribution in [0.25, 0.3) is 0 Å². The number of ether oxygens (including phenoxy) is 1. The van der Waals surface area contributed by atoms with Crippen molar-refractivity contribution in [1.29, 1.82) is 0 Å². The maximum absolute atomic E-state index is 13.7. The van der Waals surface area contributed by atoms with Gasteiger partial charge in [0.25, 0.3) is 0 Å². The molecule has 20 heavy (non-hydrogen) atoms. The fourth-order valence-corrected chi connectivity index (χ4v) is 1.42. The van der Waals surface area contributed by atoms with Crippen molar-refractivity contribution in [3.8, 4) is 5.75 Å². The normalized spacial score (nSPS) is 12.1. The summed E-state index contributed by atoms with van der Waals surface area (Å²) < 4.78 is 32.9. The molecule has 1 heterocycles. The van der Waals surface area contributed by atoms with Crippen LogP contribution in [0.4, 0.5) is 8.78 Å². The van der Waals surface area contributed by atoms with Crippen molar-refractivity contribution in [2.75, 3.05) is 6.61 Å². The third kappa shape index (κ3) is 6.15. The monoisotopic (exact) mass is 498 g/mol. The summed E-state index contributed by atoms with van der Waals surface area (Å²) in [5.74, 6) is -1.58. The number of aromatic nitrogens is 1. The second kappa shape index (κ2) is 8.41. The average molecular weight is 498 g/mol. The zero-order valence-corrected chi connectivity index (χ0v) is 17.0. The van der Waals surface area contributed by atoms with Gasteiger partial charge in [-0.25, -0.2) is 9.37 Å². The van der Waals surface area contributed by atoms with Crippen LogP contribution in [0.5, 0.6) is 5.75 Å². The predicted octanol–water partition coefficient (Wildman–Crippen LogP) is 3.02. The molecule has 3 nitrogen and oxygen atoms in total. The van der Waals surface area contributed by atoms with E-state index in [-0.39, 0.29) is 68.4 Å². The van der Waals surface area contributed by atoms with Gasteiger partial charge in [-0.1, -0.05) is 11.6 Å². The smallest absolute Gasteiger partial charge is 0.220 e. The molecule has 1 aromatic rings. The number of rotatable bonds is 4. The molecule has 0 saturated heterocycles. The van der Waals surface area contributed by atoms with Gasteiger partial charge in [0.2, 0.25) is 5.95 Å². The fourth-order valence-electron chi connectivity index (χ4n) is 1.42. The zero-order chi connectivity index (χ0) is 14.6. The summed E-state index contributed by atoms with van der Waals surface area (Å²) in [4.78, 5) is 3.36. The van der Waals surface area contributed by atoms with Gasteiger partial charge >= 0.3 is 0 Å². The summed E-state index contributed by atoms with van der Waals surface area (Å²) in [5.41, 5.74) is 0.0900. The number of halogens is 2. The van der Waals surface area contributed by atoms with Crippen LogP contribution in [0.3, 0.4) is 0 Å². The first-order chi connectivity index (χ1) is 8.74. The minimum Gasteiger partial charge on any atom is -0.485 e. The van der Waals surface area contributed by atoms with Crippen molar-refractivity contribution in [2.45, 2.75) is 39.7 Å². The number of hydrogen-bond donors (Lipinski definition) is 1. The number of hydrogen-bond acceptors (Lipinski definition) is 3. The van der Waals surface area contributed by atoms with Crippen molar-refractivity contribution in [2.24, 2.45) is 0 Å². The number of aliphatic hydroxyl groups excluding tert-OH is 1. The van der Waals surface area contributed by atoms with Crippen LogP contribution in [0, 0.1) is 55.8 Å². The van der Waals surface area contributed by atoms with Crippen LogP contribution in [0.1, 0.15) is 33.3 Å². The second-order valence-corrected chi connectivity index (χ2v) is 5.33. The van der Waals surface area contributed by atoms with Crippen LogP contribution >= 0.6 is 0 Å². The Kier molecular flexibility index (Phi) is 8.39. The van der Waals surface area contributed by atoms with E-state index in [2.05, 4.69) is 4.98 Å². The van der Waals surface area contributed by atoms with E-state index in [1.165, 1.54) is 0 Å². The van der Waals surface area contributed by atoms with E-state index in [0.29, 0.717) is 5.57 Å². The number of aliphatic hydroxyl groups is 1. The molecule has 109 valence electrons. The number of nitrogens with zero attached hydrogens (tertiary/aromatic N) is 1. The fraction of sp³-hybridized carbons (Fsp3) is 0.500. The Morgan fingerprint density at radius 1 is 1.40 bits per heavy atom. The molecule has 0 amide bonds. The quantitative estimate of drug-likeness (QED) is 0.513. The van der Waals surface area contributed by atoms with Gasteiger partial charge in [0.15, 0.2) is 11.6 Å². The molecular formula is C14H19AcF2NO2. The Bertz CT molecular complexity index is 485. The van der Waals surface area contributed by atoms with Crippen LogP contribution < -0.4 is 4.74 Å². The first-order valence-electron chi connectivity index (χ1n) is 6.03. The van der Waals surface area contributed by atoms with E-state index in [4.69, 9.17) is 9.84 Å². The van der Waals surface area contributed by atoms with Gasteiger partial charge in [-0.05, 0) is 34.1 Å². The maximum atomic E-state index is 13.7. The van der Waals surface area contributed by atoms with E-state index < -0.39 is 17.4 Å². The molecule has 0 aliphatic heterocycles. The molecule has 0 fully saturated rings. The molecule has 0 bridgehead atoms. The predicted molar refractivity (Wildman–Crippen MR) is 69.1 cm³/mol. The minimum absolute atomic E-state index is 0.